The van der Waals surface area contributed by atoms with Gasteiger partial charge in [0.05, 0.1) is 16.6 Å². The van der Waals surface area contributed by atoms with Crippen molar-refractivity contribution in [2.24, 2.45) is 0 Å². The van der Waals surface area contributed by atoms with Gasteiger partial charge in [0.15, 0.2) is 5.76 Å². The number of benzene rings is 2. The Morgan fingerprint density at radius 1 is 1.04 bits per heavy atom. The van der Waals surface area contributed by atoms with Crippen molar-refractivity contribution < 1.29 is 14.0 Å². The molecule has 0 radical (unpaired) electrons. The van der Waals surface area contributed by atoms with Gasteiger partial charge in [0, 0.05) is 18.3 Å². The largest absolute Gasteiger partial charge is 0.451 e. The maximum atomic E-state index is 12.6. The minimum atomic E-state index is -0.413. The average molecular weight is 417 g/mol. The van der Waals surface area contributed by atoms with Crippen LogP contribution in [0, 0.1) is 6.92 Å². The van der Waals surface area contributed by atoms with Crippen LogP contribution in [0.25, 0.3) is 11.3 Å². The summed E-state index contributed by atoms with van der Waals surface area (Å²) in [6.07, 6.45) is 0. The number of aryl methyl sites for hydroxylation is 1. The van der Waals surface area contributed by atoms with Gasteiger partial charge >= 0.3 is 0 Å². The monoisotopic (exact) mass is 416 g/mol. The minimum Gasteiger partial charge on any atom is -0.451 e. The van der Waals surface area contributed by atoms with Crippen LogP contribution in [0.5, 0.6) is 0 Å². The first-order valence-corrected chi connectivity index (χ1v) is 9.27. The highest BCUT2D eigenvalue weighted by atomic mass is 35.5. The quantitative estimate of drug-likeness (QED) is 0.615. The Morgan fingerprint density at radius 2 is 1.75 bits per heavy atom. The van der Waals surface area contributed by atoms with Crippen molar-refractivity contribution in [3.63, 3.8) is 0 Å². The van der Waals surface area contributed by atoms with E-state index >= 15 is 0 Å². The van der Waals surface area contributed by atoms with Crippen molar-refractivity contribution >= 4 is 40.7 Å². The molecule has 0 bridgehead atoms. The van der Waals surface area contributed by atoms with E-state index in [9.17, 15) is 9.59 Å². The molecule has 28 heavy (non-hydrogen) atoms. The van der Waals surface area contributed by atoms with Gasteiger partial charge in [0.2, 0.25) is 5.91 Å². The lowest BCUT2D eigenvalue weighted by Crippen LogP contribution is -2.34. The van der Waals surface area contributed by atoms with E-state index in [0.29, 0.717) is 27.1 Å². The second-order valence-electron chi connectivity index (χ2n) is 6.34. The zero-order valence-corrected chi connectivity index (χ0v) is 16.8. The molecule has 0 aliphatic rings. The van der Waals surface area contributed by atoms with E-state index in [0.717, 1.165) is 5.56 Å². The van der Waals surface area contributed by atoms with Crippen LogP contribution >= 0.6 is 23.2 Å². The predicted octanol–water partition coefficient (Wildman–Crippen LogP) is 5.27. The number of nitrogens with zero attached hydrogens (tertiary/aromatic N) is 1. The van der Waals surface area contributed by atoms with Crippen molar-refractivity contribution in [1.82, 2.24) is 4.90 Å². The maximum absolute atomic E-state index is 12.6. The van der Waals surface area contributed by atoms with E-state index in [-0.39, 0.29) is 18.2 Å². The molecule has 1 N–H and O–H groups in total. The number of carbonyl (C=O) groups is 2. The summed E-state index contributed by atoms with van der Waals surface area (Å²) in [4.78, 5) is 26.0. The van der Waals surface area contributed by atoms with Gasteiger partial charge in [-0.25, -0.2) is 0 Å². The molecule has 2 amide bonds. The van der Waals surface area contributed by atoms with Crippen molar-refractivity contribution in [3.8, 4) is 11.3 Å². The molecule has 2 aromatic carbocycles. The molecule has 1 heterocycles. The molecular weight excluding hydrogens is 399 g/mol. The molecule has 5 nitrogen and oxygen atoms in total. The van der Waals surface area contributed by atoms with Crippen LogP contribution in [0.2, 0.25) is 10.0 Å². The van der Waals surface area contributed by atoms with Gasteiger partial charge in [-0.2, -0.15) is 0 Å². The number of amides is 2. The number of hydrogen-bond acceptors (Lipinski definition) is 3. The van der Waals surface area contributed by atoms with Gasteiger partial charge in [-0.1, -0.05) is 47.0 Å². The highest BCUT2D eigenvalue weighted by Gasteiger charge is 2.20. The molecule has 0 aliphatic carbocycles. The van der Waals surface area contributed by atoms with Gasteiger partial charge in [0.1, 0.15) is 5.76 Å². The fraction of sp³-hybridized carbons (Fsp3) is 0.143. The number of hydrogen-bond donors (Lipinski definition) is 1. The van der Waals surface area contributed by atoms with E-state index < -0.39 is 5.91 Å². The van der Waals surface area contributed by atoms with Gasteiger partial charge in [-0.3, -0.25) is 9.59 Å². The van der Waals surface area contributed by atoms with Crippen molar-refractivity contribution in [2.45, 2.75) is 6.92 Å². The van der Waals surface area contributed by atoms with Crippen LogP contribution in [0.4, 0.5) is 5.69 Å². The first-order valence-electron chi connectivity index (χ1n) is 8.51. The number of halogens is 2. The molecule has 0 saturated heterocycles. The number of anilines is 1. The van der Waals surface area contributed by atoms with Crippen LogP contribution in [0.3, 0.4) is 0 Å². The summed E-state index contributed by atoms with van der Waals surface area (Å²) in [6, 6.07) is 15.8. The minimum absolute atomic E-state index is 0.108. The smallest absolute Gasteiger partial charge is 0.289 e. The molecule has 0 saturated carbocycles. The van der Waals surface area contributed by atoms with Crippen LogP contribution in [0.1, 0.15) is 16.1 Å². The van der Waals surface area contributed by atoms with Gasteiger partial charge < -0.3 is 14.6 Å². The summed E-state index contributed by atoms with van der Waals surface area (Å²) >= 11 is 12.2. The highest BCUT2D eigenvalue weighted by molar-refractivity contribution is 6.43. The molecule has 3 aromatic rings. The van der Waals surface area contributed by atoms with E-state index in [4.69, 9.17) is 27.6 Å². The lowest BCUT2D eigenvalue weighted by Gasteiger charge is -2.15. The highest BCUT2D eigenvalue weighted by Crippen LogP contribution is 2.34. The Hall–Kier alpha value is -2.76. The lowest BCUT2D eigenvalue weighted by molar-refractivity contribution is -0.116. The summed E-state index contributed by atoms with van der Waals surface area (Å²) in [5.74, 6) is -0.183. The molecule has 144 valence electrons. The predicted molar refractivity (Wildman–Crippen MR) is 111 cm³/mol. The molecule has 0 atom stereocenters. The van der Waals surface area contributed by atoms with E-state index in [1.165, 1.54) is 11.9 Å². The zero-order valence-electron chi connectivity index (χ0n) is 15.3. The normalized spacial score (nSPS) is 10.6. The number of furan rings is 1. The van der Waals surface area contributed by atoms with Crippen LogP contribution in [-0.2, 0) is 4.79 Å². The third-order valence-corrected chi connectivity index (χ3v) is 4.92. The summed E-state index contributed by atoms with van der Waals surface area (Å²) in [7, 11) is 1.53. The van der Waals surface area contributed by atoms with E-state index in [1.54, 1.807) is 30.3 Å². The fourth-order valence-corrected chi connectivity index (χ4v) is 3.00. The summed E-state index contributed by atoms with van der Waals surface area (Å²) < 4.78 is 5.64. The Balaban J connectivity index is 1.66. The summed E-state index contributed by atoms with van der Waals surface area (Å²) in [5, 5.41) is 3.50. The topological polar surface area (TPSA) is 62.6 Å². The Morgan fingerprint density at radius 3 is 2.46 bits per heavy atom. The molecule has 1 aromatic heterocycles. The number of likely N-dealkylation sites (N-methyl/N-ethyl adjacent to an activating group) is 1. The second kappa shape index (κ2) is 8.50. The van der Waals surface area contributed by atoms with E-state index in [1.807, 2.05) is 31.2 Å². The molecule has 7 heteroatoms. The lowest BCUT2D eigenvalue weighted by atomic mass is 10.2. The summed E-state index contributed by atoms with van der Waals surface area (Å²) in [5.41, 5.74) is 2.36. The standard InChI is InChI=1S/C21H18Cl2N2O3/c1-13-6-8-14(9-7-13)24-19(26)12-25(2)21(27)18-11-10-17(28-18)15-4-3-5-16(22)20(15)23/h3-11H,12H2,1-2H3,(H,24,26). The van der Waals surface area contributed by atoms with Crippen LogP contribution in [0.15, 0.2) is 59.0 Å². The van der Waals surface area contributed by atoms with Gasteiger partial charge in [-0.15, -0.1) is 0 Å². The Bertz CT molecular complexity index is 1010. The fourth-order valence-electron chi connectivity index (χ4n) is 2.60. The molecule has 0 aliphatic heterocycles. The third kappa shape index (κ3) is 4.55. The Kier molecular flexibility index (Phi) is 6.07. The van der Waals surface area contributed by atoms with Crippen LogP contribution < -0.4 is 5.32 Å². The van der Waals surface area contributed by atoms with Crippen molar-refractivity contribution in [2.75, 3.05) is 18.9 Å². The number of nitrogens with one attached hydrogen (secondary N) is 1. The zero-order chi connectivity index (χ0) is 20.3. The number of rotatable bonds is 5. The molecule has 0 fully saturated rings. The van der Waals surface area contributed by atoms with Gasteiger partial charge in [-0.05, 0) is 43.3 Å². The van der Waals surface area contributed by atoms with Gasteiger partial charge in [0.25, 0.3) is 5.91 Å². The molecular formula is C21H18Cl2N2O3. The van der Waals surface area contributed by atoms with Crippen molar-refractivity contribution in [3.05, 3.63) is 76.0 Å². The van der Waals surface area contributed by atoms with Crippen molar-refractivity contribution in [1.29, 1.82) is 0 Å². The average Bonchev–Trinajstić information content (AvgIpc) is 3.15. The first kappa shape index (κ1) is 20.0. The summed E-state index contributed by atoms with van der Waals surface area (Å²) in [6.45, 7) is 1.85. The Labute approximate surface area is 172 Å². The van der Waals surface area contributed by atoms with Crippen LogP contribution in [-0.4, -0.2) is 30.3 Å². The molecule has 0 unspecified atom stereocenters. The second-order valence-corrected chi connectivity index (χ2v) is 7.13. The van der Waals surface area contributed by atoms with E-state index in [2.05, 4.69) is 5.32 Å². The first-order chi connectivity index (χ1) is 13.3. The molecule has 3 rings (SSSR count). The maximum Gasteiger partial charge on any atom is 0.289 e. The SMILES string of the molecule is Cc1ccc(NC(=O)CN(C)C(=O)c2ccc(-c3cccc(Cl)c3Cl)o2)cc1. The molecule has 0 spiro atoms. The third-order valence-electron chi connectivity index (χ3n) is 4.10. The number of carbonyl (C=O) groups excluding carboxylic acids is 2.